The second-order valence-corrected chi connectivity index (χ2v) is 6.43. The van der Waals surface area contributed by atoms with Crippen molar-refractivity contribution in [2.45, 2.75) is 0 Å². The molecule has 0 unspecified atom stereocenters. The van der Waals surface area contributed by atoms with Gasteiger partial charge in [0.15, 0.2) is 0 Å². The maximum absolute atomic E-state index is 11.5. The third-order valence-electron chi connectivity index (χ3n) is 3.78. The molecule has 0 atom stereocenters. The number of anilines is 1. The molecule has 116 valence electrons. The van der Waals surface area contributed by atoms with E-state index in [9.17, 15) is 9.90 Å². The molecule has 1 heterocycles. The first kappa shape index (κ1) is 16.3. The Morgan fingerprint density at radius 1 is 1.29 bits per heavy atom. The largest absolute Gasteiger partial charge is 0.478 e. The van der Waals surface area contributed by atoms with E-state index in [0.717, 1.165) is 45.0 Å². The summed E-state index contributed by atoms with van der Waals surface area (Å²) < 4.78 is 0.641. The van der Waals surface area contributed by atoms with Crippen molar-refractivity contribution in [1.29, 1.82) is 0 Å². The zero-order chi connectivity index (χ0) is 15.4. The van der Waals surface area contributed by atoms with Gasteiger partial charge >= 0.3 is 5.97 Å². The summed E-state index contributed by atoms with van der Waals surface area (Å²) in [6, 6.07) is 5.56. The van der Waals surface area contributed by atoms with Gasteiger partial charge in [-0.2, -0.15) is 0 Å². The van der Waals surface area contributed by atoms with Crippen LogP contribution >= 0.6 is 15.9 Å². The van der Waals surface area contributed by atoms with Crippen molar-refractivity contribution in [1.82, 2.24) is 9.80 Å². The zero-order valence-corrected chi connectivity index (χ0v) is 14.1. The topological polar surface area (TPSA) is 47.0 Å². The summed E-state index contributed by atoms with van der Waals surface area (Å²) in [5, 5.41) is 9.40. The van der Waals surface area contributed by atoms with Crippen molar-refractivity contribution < 1.29 is 9.90 Å². The third-order valence-corrected chi connectivity index (χ3v) is 4.44. The van der Waals surface area contributed by atoms with E-state index in [1.54, 1.807) is 6.07 Å². The van der Waals surface area contributed by atoms with E-state index in [-0.39, 0.29) is 0 Å². The third kappa shape index (κ3) is 4.18. The van der Waals surface area contributed by atoms with Crippen molar-refractivity contribution in [2.24, 2.45) is 0 Å². The smallest absolute Gasteiger partial charge is 0.338 e. The molecule has 0 saturated carbocycles. The van der Waals surface area contributed by atoms with Crippen LogP contribution in [-0.2, 0) is 0 Å². The van der Waals surface area contributed by atoms with Crippen molar-refractivity contribution in [3.63, 3.8) is 0 Å². The summed E-state index contributed by atoms with van der Waals surface area (Å²) >= 11 is 3.34. The number of likely N-dealkylation sites (N-methyl/N-ethyl adjacent to an activating group) is 1. The lowest BCUT2D eigenvalue weighted by molar-refractivity contribution is 0.0696. The standard InChI is InChI=1S/C15H22BrN3O2/c1-17(2)6-7-18-8-10-19(11-9-18)13-5-3-4-12(16)14(13)15(20)21/h3-5H,6-11H2,1-2H3,(H,20,21). The lowest BCUT2D eigenvalue weighted by atomic mass is 10.1. The van der Waals surface area contributed by atoms with Gasteiger partial charge in [0.05, 0.1) is 11.3 Å². The highest BCUT2D eigenvalue weighted by molar-refractivity contribution is 9.10. The van der Waals surface area contributed by atoms with Crippen LogP contribution in [0.4, 0.5) is 5.69 Å². The van der Waals surface area contributed by atoms with Gasteiger partial charge in [-0.3, -0.25) is 4.90 Å². The molecule has 1 aliphatic heterocycles. The van der Waals surface area contributed by atoms with Crippen LogP contribution in [0.2, 0.25) is 0 Å². The van der Waals surface area contributed by atoms with Crippen LogP contribution in [0, 0.1) is 0 Å². The first-order valence-corrected chi connectivity index (χ1v) is 7.92. The van der Waals surface area contributed by atoms with Gasteiger partial charge in [-0.1, -0.05) is 6.07 Å². The predicted molar refractivity (Wildman–Crippen MR) is 88.3 cm³/mol. The van der Waals surface area contributed by atoms with E-state index < -0.39 is 5.97 Å². The minimum absolute atomic E-state index is 0.360. The molecule has 5 nitrogen and oxygen atoms in total. The second kappa shape index (κ2) is 7.24. The molecule has 0 aliphatic carbocycles. The fraction of sp³-hybridized carbons (Fsp3) is 0.533. The molecule has 1 saturated heterocycles. The van der Waals surface area contributed by atoms with E-state index in [1.807, 2.05) is 12.1 Å². The van der Waals surface area contributed by atoms with Crippen LogP contribution in [0.15, 0.2) is 22.7 Å². The van der Waals surface area contributed by atoms with Crippen molar-refractivity contribution >= 4 is 27.6 Å². The molecule has 1 fully saturated rings. The molecular weight excluding hydrogens is 334 g/mol. The number of hydrogen-bond acceptors (Lipinski definition) is 4. The number of piperazine rings is 1. The zero-order valence-electron chi connectivity index (χ0n) is 12.5. The first-order valence-electron chi connectivity index (χ1n) is 7.13. The molecule has 1 aliphatic rings. The lowest BCUT2D eigenvalue weighted by Crippen LogP contribution is -2.48. The van der Waals surface area contributed by atoms with Gasteiger partial charge in [-0.15, -0.1) is 0 Å². The average molecular weight is 356 g/mol. The highest BCUT2D eigenvalue weighted by Gasteiger charge is 2.22. The summed E-state index contributed by atoms with van der Waals surface area (Å²) in [7, 11) is 4.16. The molecule has 6 heteroatoms. The Hall–Kier alpha value is -1.11. The Kier molecular flexibility index (Phi) is 5.61. The van der Waals surface area contributed by atoms with Crippen molar-refractivity contribution in [3.8, 4) is 0 Å². The Labute approximate surface area is 134 Å². The number of rotatable bonds is 5. The summed E-state index contributed by atoms with van der Waals surface area (Å²) in [4.78, 5) is 18.2. The number of carbonyl (C=O) groups is 1. The number of carboxylic acids is 1. The summed E-state index contributed by atoms with van der Waals surface area (Å²) in [5.41, 5.74) is 1.17. The minimum atomic E-state index is -0.882. The Morgan fingerprint density at radius 3 is 2.52 bits per heavy atom. The van der Waals surface area contributed by atoms with Gasteiger partial charge in [0.25, 0.3) is 0 Å². The number of aromatic carboxylic acids is 1. The normalized spacial score (nSPS) is 16.5. The second-order valence-electron chi connectivity index (χ2n) is 5.57. The van der Waals surface area contributed by atoms with Crippen molar-refractivity contribution in [3.05, 3.63) is 28.2 Å². The molecule has 2 rings (SSSR count). The summed E-state index contributed by atoms with van der Waals surface area (Å²) in [5.74, 6) is -0.882. The quantitative estimate of drug-likeness (QED) is 0.872. The van der Waals surface area contributed by atoms with E-state index in [0.29, 0.717) is 10.0 Å². The summed E-state index contributed by atoms with van der Waals surface area (Å²) in [6.07, 6.45) is 0. The fourth-order valence-electron chi connectivity index (χ4n) is 2.54. The molecule has 0 spiro atoms. The van der Waals surface area contributed by atoms with E-state index in [1.165, 1.54) is 0 Å². The minimum Gasteiger partial charge on any atom is -0.478 e. The van der Waals surface area contributed by atoms with Gasteiger partial charge in [-0.25, -0.2) is 4.79 Å². The van der Waals surface area contributed by atoms with Gasteiger partial charge in [0.1, 0.15) is 0 Å². The van der Waals surface area contributed by atoms with E-state index in [4.69, 9.17) is 0 Å². The SMILES string of the molecule is CN(C)CCN1CCN(c2cccc(Br)c2C(=O)O)CC1. The maximum Gasteiger partial charge on any atom is 0.338 e. The average Bonchev–Trinajstić information content (AvgIpc) is 2.45. The lowest BCUT2D eigenvalue weighted by Gasteiger charge is -2.37. The van der Waals surface area contributed by atoms with Crippen LogP contribution in [0.5, 0.6) is 0 Å². The van der Waals surface area contributed by atoms with Gasteiger partial charge < -0.3 is 14.9 Å². The highest BCUT2D eigenvalue weighted by Crippen LogP contribution is 2.28. The van der Waals surface area contributed by atoms with E-state index in [2.05, 4.69) is 44.7 Å². The van der Waals surface area contributed by atoms with Crippen molar-refractivity contribution in [2.75, 3.05) is 58.3 Å². The molecule has 0 aromatic heterocycles. The molecule has 1 N–H and O–H groups in total. The van der Waals surface area contributed by atoms with Crippen LogP contribution in [-0.4, -0.2) is 74.2 Å². The monoisotopic (exact) mass is 355 g/mol. The van der Waals surface area contributed by atoms with Crippen LogP contribution < -0.4 is 4.90 Å². The van der Waals surface area contributed by atoms with Crippen LogP contribution in [0.25, 0.3) is 0 Å². The van der Waals surface area contributed by atoms with Crippen LogP contribution in [0.3, 0.4) is 0 Å². The highest BCUT2D eigenvalue weighted by atomic mass is 79.9. The predicted octanol–water partition coefficient (Wildman–Crippen LogP) is 1.83. The molecular formula is C15H22BrN3O2. The molecule has 21 heavy (non-hydrogen) atoms. The Bertz CT molecular complexity index is 500. The fourth-order valence-corrected chi connectivity index (χ4v) is 3.07. The first-order chi connectivity index (χ1) is 9.99. The number of hydrogen-bond donors (Lipinski definition) is 1. The number of benzene rings is 1. The molecule has 1 aromatic rings. The molecule has 0 amide bonds. The van der Waals surface area contributed by atoms with Gasteiger partial charge in [-0.05, 0) is 42.2 Å². The van der Waals surface area contributed by atoms with E-state index >= 15 is 0 Å². The van der Waals surface area contributed by atoms with Gasteiger partial charge in [0, 0.05) is 43.7 Å². The maximum atomic E-state index is 11.5. The number of nitrogens with zero attached hydrogens (tertiary/aromatic N) is 3. The molecule has 0 bridgehead atoms. The molecule has 1 aromatic carbocycles. The Balaban J connectivity index is 2.03. The van der Waals surface area contributed by atoms with Crippen LogP contribution in [0.1, 0.15) is 10.4 Å². The Morgan fingerprint density at radius 2 is 1.95 bits per heavy atom. The summed E-state index contributed by atoms with van der Waals surface area (Å²) in [6.45, 7) is 5.79. The number of carboxylic acid groups (broad SMARTS) is 1. The van der Waals surface area contributed by atoms with Gasteiger partial charge in [0.2, 0.25) is 0 Å². The molecule has 0 radical (unpaired) electrons. The number of halogens is 1.